The highest BCUT2D eigenvalue weighted by atomic mass is 16.2. The van der Waals surface area contributed by atoms with Crippen LogP contribution in [-0.4, -0.2) is 59.9 Å². The first kappa shape index (κ1) is 18.9. The summed E-state index contributed by atoms with van der Waals surface area (Å²) in [6.07, 6.45) is 0.838. The van der Waals surface area contributed by atoms with Crippen LogP contribution >= 0.6 is 0 Å². The molecule has 0 aliphatic carbocycles. The molecule has 6 nitrogen and oxygen atoms in total. The van der Waals surface area contributed by atoms with Gasteiger partial charge in [0, 0.05) is 37.3 Å². The maximum Gasteiger partial charge on any atom is 0.253 e. The fourth-order valence-corrected chi connectivity index (χ4v) is 2.86. The first-order chi connectivity index (χ1) is 11.8. The molecule has 2 rings (SSSR count). The van der Waals surface area contributed by atoms with Gasteiger partial charge in [-0.25, -0.2) is 0 Å². The second kappa shape index (κ2) is 8.13. The van der Waals surface area contributed by atoms with Crippen LogP contribution in [0.4, 0.5) is 0 Å². The number of carbonyl (C=O) groups excluding carboxylic acids is 2. The molecule has 0 aromatic heterocycles. The minimum absolute atomic E-state index is 0.0133. The van der Waals surface area contributed by atoms with Gasteiger partial charge in [0.1, 0.15) is 0 Å². The second-order valence-electron chi connectivity index (χ2n) is 7.41. The molecule has 1 aromatic carbocycles. The lowest BCUT2D eigenvalue weighted by Gasteiger charge is -2.25. The van der Waals surface area contributed by atoms with Crippen molar-refractivity contribution in [1.29, 1.82) is 5.26 Å². The molecule has 2 amide bonds. The molecule has 134 valence electrons. The zero-order valence-corrected chi connectivity index (χ0v) is 15.2. The molecule has 25 heavy (non-hydrogen) atoms. The van der Waals surface area contributed by atoms with Gasteiger partial charge in [-0.15, -0.1) is 0 Å². The zero-order chi connectivity index (χ0) is 18.4. The lowest BCUT2D eigenvalue weighted by atomic mass is 10.1. The minimum Gasteiger partial charge on any atom is -0.350 e. The van der Waals surface area contributed by atoms with Gasteiger partial charge in [-0.1, -0.05) is 0 Å². The van der Waals surface area contributed by atoms with Crippen molar-refractivity contribution in [2.75, 3.05) is 32.7 Å². The summed E-state index contributed by atoms with van der Waals surface area (Å²) in [5.41, 5.74) is 0.905. The number of amides is 2. The minimum atomic E-state index is -0.236. The molecule has 0 saturated carbocycles. The molecule has 1 N–H and O–H groups in total. The number of benzene rings is 1. The number of hydrogen-bond acceptors (Lipinski definition) is 4. The summed E-state index contributed by atoms with van der Waals surface area (Å²) in [7, 11) is 0. The molecule has 0 bridgehead atoms. The summed E-state index contributed by atoms with van der Waals surface area (Å²) in [5.74, 6) is -0.00940. The Morgan fingerprint density at radius 1 is 1.12 bits per heavy atom. The van der Waals surface area contributed by atoms with Crippen molar-refractivity contribution >= 4 is 11.8 Å². The maximum absolute atomic E-state index is 12.6. The summed E-state index contributed by atoms with van der Waals surface area (Å²) in [6, 6.07) is 8.76. The van der Waals surface area contributed by atoms with Crippen LogP contribution in [0, 0.1) is 11.3 Å². The quantitative estimate of drug-likeness (QED) is 0.906. The number of rotatable bonds is 3. The molecule has 1 aliphatic heterocycles. The molecule has 6 heteroatoms. The van der Waals surface area contributed by atoms with Crippen LogP contribution in [0.3, 0.4) is 0 Å². The van der Waals surface area contributed by atoms with Crippen LogP contribution in [0.25, 0.3) is 0 Å². The third kappa shape index (κ3) is 5.87. The monoisotopic (exact) mass is 342 g/mol. The highest BCUT2D eigenvalue weighted by molar-refractivity contribution is 5.94. The van der Waals surface area contributed by atoms with Gasteiger partial charge in [-0.05, 0) is 51.5 Å². The highest BCUT2D eigenvalue weighted by Gasteiger charge is 2.22. The van der Waals surface area contributed by atoms with Gasteiger partial charge >= 0.3 is 0 Å². The molecule has 0 spiro atoms. The van der Waals surface area contributed by atoms with Gasteiger partial charge in [0.2, 0.25) is 5.91 Å². The fraction of sp³-hybridized carbons (Fsp3) is 0.526. The summed E-state index contributed by atoms with van der Waals surface area (Å²) in [5, 5.41) is 11.8. The van der Waals surface area contributed by atoms with Crippen LogP contribution in [0.1, 0.15) is 43.1 Å². The summed E-state index contributed by atoms with van der Waals surface area (Å²) in [4.78, 5) is 28.6. The maximum atomic E-state index is 12.6. The van der Waals surface area contributed by atoms with Crippen LogP contribution in [0.5, 0.6) is 0 Å². The average Bonchev–Trinajstić information content (AvgIpc) is 2.78. The van der Waals surface area contributed by atoms with E-state index in [1.807, 2.05) is 25.7 Å². The lowest BCUT2D eigenvalue weighted by Crippen LogP contribution is -2.46. The summed E-state index contributed by atoms with van der Waals surface area (Å²) in [6.45, 7) is 9.00. The Hall–Kier alpha value is -2.39. The number of nitriles is 1. The number of nitrogens with one attached hydrogen (secondary N) is 1. The Morgan fingerprint density at radius 2 is 1.80 bits per heavy atom. The molecule has 1 fully saturated rings. The van der Waals surface area contributed by atoms with Crippen molar-refractivity contribution in [3.05, 3.63) is 35.4 Å². The topological polar surface area (TPSA) is 76.4 Å². The molecule has 0 atom stereocenters. The number of nitrogens with zero attached hydrogens (tertiary/aromatic N) is 3. The predicted molar refractivity (Wildman–Crippen MR) is 96.0 cm³/mol. The standard InChI is InChI=1S/C19H26N4O2/c1-19(2,3)21-17(24)14-22-9-4-10-23(12-11-22)18(25)16-7-5-15(13-20)6-8-16/h5-8H,4,9-12,14H2,1-3H3,(H,21,24). The van der Waals surface area contributed by atoms with E-state index in [4.69, 9.17) is 5.26 Å². The van der Waals surface area contributed by atoms with E-state index in [0.717, 1.165) is 13.0 Å². The normalized spacial score (nSPS) is 16.0. The molecule has 1 heterocycles. The Balaban J connectivity index is 1.91. The number of hydrogen-bond donors (Lipinski definition) is 1. The van der Waals surface area contributed by atoms with E-state index in [0.29, 0.717) is 37.3 Å². The van der Waals surface area contributed by atoms with Crippen molar-refractivity contribution in [3.8, 4) is 6.07 Å². The predicted octanol–water partition coefficient (Wildman–Crippen LogP) is 1.62. The van der Waals surface area contributed by atoms with Crippen molar-refractivity contribution in [1.82, 2.24) is 15.1 Å². The smallest absolute Gasteiger partial charge is 0.253 e. The summed E-state index contributed by atoms with van der Waals surface area (Å²) >= 11 is 0. The van der Waals surface area contributed by atoms with Gasteiger partial charge in [0.15, 0.2) is 0 Å². The SMILES string of the molecule is CC(C)(C)NC(=O)CN1CCCN(C(=O)c2ccc(C#N)cc2)CC1. The molecular formula is C19H26N4O2. The van der Waals surface area contributed by atoms with Gasteiger partial charge in [-0.2, -0.15) is 5.26 Å². The van der Waals surface area contributed by atoms with Gasteiger partial charge in [0.25, 0.3) is 5.91 Å². The third-order valence-corrected chi connectivity index (χ3v) is 4.02. The first-order valence-corrected chi connectivity index (χ1v) is 8.61. The Morgan fingerprint density at radius 3 is 2.40 bits per heavy atom. The number of carbonyl (C=O) groups is 2. The van der Waals surface area contributed by atoms with E-state index in [1.54, 1.807) is 24.3 Å². The molecule has 1 aromatic rings. The van der Waals surface area contributed by atoms with Crippen LogP contribution < -0.4 is 5.32 Å². The van der Waals surface area contributed by atoms with Crippen LogP contribution in [0.2, 0.25) is 0 Å². The third-order valence-electron chi connectivity index (χ3n) is 4.02. The largest absolute Gasteiger partial charge is 0.350 e. The highest BCUT2D eigenvalue weighted by Crippen LogP contribution is 2.11. The zero-order valence-electron chi connectivity index (χ0n) is 15.2. The lowest BCUT2D eigenvalue weighted by molar-refractivity contribution is -0.123. The van der Waals surface area contributed by atoms with Gasteiger partial charge in [-0.3, -0.25) is 14.5 Å². The molecule has 0 radical (unpaired) electrons. The second-order valence-corrected chi connectivity index (χ2v) is 7.41. The Bertz CT molecular complexity index is 655. The van der Waals surface area contributed by atoms with E-state index in [1.165, 1.54) is 0 Å². The molecule has 0 unspecified atom stereocenters. The van der Waals surface area contributed by atoms with Gasteiger partial charge < -0.3 is 10.2 Å². The van der Waals surface area contributed by atoms with Crippen LogP contribution in [0.15, 0.2) is 24.3 Å². The summed E-state index contributed by atoms with van der Waals surface area (Å²) < 4.78 is 0. The fourth-order valence-electron chi connectivity index (χ4n) is 2.86. The van der Waals surface area contributed by atoms with E-state index in [2.05, 4.69) is 16.3 Å². The van der Waals surface area contributed by atoms with Crippen molar-refractivity contribution in [2.45, 2.75) is 32.7 Å². The average molecular weight is 342 g/mol. The van der Waals surface area contributed by atoms with E-state index in [-0.39, 0.29) is 17.4 Å². The van der Waals surface area contributed by atoms with Crippen LogP contribution in [-0.2, 0) is 4.79 Å². The Kier molecular flexibility index (Phi) is 6.16. The first-order valence-electron chi connectivity index (χ1n) is 8.61. The molecular weight excluding hydrogens is 316 g/mol. The van der Waals surface area contributed by atoms with E-state index >= 15 is 0 Å². The van der Waals surface area contributed by atoms with E-state index in [9.17, 15) is 9.59 Å². The van der Waals surface area contributed by atoms with Crippen molar-refractivity contribution in [3.63, 3.8) is 0 Å². The van der Waals surface area contributed by atoms with Crippen molar-refractivity contribution in [2.24, 2.45) is 0 Å². The molecule has 1 aliphatic rings. The van der Waals surface area contributed by atoms with Crippen molar-refractivity contribution < 1.29 is 9.59 Å². The van der Waals surface area contributed by atoms with E-state index < -0.39 is 0 Å². The molecule has 1 saturated heterocycles. The van der Waals surface area contributed by atoms with Gasteiger partial charge in [0.05, 0.1) is 18.2 Å². The Labute approximate surface area is 149 Å².